The second-order valence-electron chi connectivity index (χ2n) is 5.43. The number of hydrogen-bond donors (Lipinski definition) is 1. The van der Waals surface area contributed by atoms with Crippen molar-refractivity contribution in [3.05, 3.63) is 58.8 Å². The highest BCUT2D eigenvalue weighted by Gasteiger charge is 2.26. The smallest absolute Gasteiger partial charge is 0.173 e. The first kappa shape index (κ1) is 15.4. The van der Waals surface area contributed by atoms with Gasteiger partial charge < -0.3 is 10.2 Å². The van der Waals surface area contributed by atoms with Crippen molar-refractivity contribution in [2.75, 3.05) is 11.9 Å². The van der Waals surface area contributed by atoms with E-state index in [0.717, 1.165) is 28.2 Å². The lowest BCUT2D eigenvalue weighted by Gasteiger charge is -2.37. The van der Waals surface area contributed by atoms with Crippen molar-refractivity contribution in [2.24, 2.45) is 0 Å². The van der Waals surface area contributed by atoms with E-state index in [-0.39, 0.29) is 0 Å². The lowest BCUT2D eigenvalue weighted by molar-refractivity contribution is 0.248. The van der Waals surface area contributed by atoms with E-state index in [4.69, 9.17) is 12.2 Å². The average Bonchev–Trinajstić information content (AvgIpc) is 2.56. The topological polar surface area (TPSA) is 28.2 Å². The molecule has 0 radical (unpaired) electrons. The monoisotopic (exact) mass is 375 g/mol. The molecule has 3 rings (SSSR count). The summed E-state index contributed by atoms with van der Waals surface area (Å²) in [6.07, 6.45) is 7.29. The molecule has 1 fully saturated rings. The van der Waals surface area contributed by atoms with Crippen LogP contribution in [0.2, 0.25) is 0 Å². The molecule has 0 bridgehead atoms. The van der Waals surface area contributed by atoms with Gasteiger partial charge in [-0.25, -0.2) is 0 Å². The molecule has 1 N–H and O–H groups in total. The van der Waals surface area contributed by atoms with Gasteiger partial charge in [0.2, 0.25) is 0 Å². The minimum Gasteiger partial charge on any atom is -0.342 e. The molecule has 1 atom stereocenters. The molecule has 1 saturated heterocycles. The van der Waals surface area contributed by atoms with Crippen molar-refractivity contribution in [2.45, 2.75) is 25.3 Å². The Morgan fingerprint density at radius 2 is 2.18 bits per heavy atom. The second kappa shape index (κ2) is 7.20. The van der Waals surface area contributed by atoms with Gasteiger partial charge >= 0.3 is 0 Å². The normalized spacial score (nSPS) is 18.0. The number of nitrogens with one attached hydrogen (secondary N) is 1. The zero-order chi connectivity index (χ0) is 15.4. The van der Waals surface area contributed by atoms with Gasteiger partial charge in [-0.2, -0.15) is 0 Å². The molecule has 1 aliphatic heterocycles. The van der Waals surface area contributed by atoms with Crippen LogP contribution in [0, 0.1) is 0 Å². The Balaban J connectivity index is 1.77. The molecular weight excluding hydrogens is 358 g/mol. The Morgan fingerprint density at radius 1 is 1.27 bits per heavy atom. The minimum atomic E-state index is 0.314. The number of anilines is 1. The first-order chi connectivity index (χ1) is 10.7. The molecule has 1 aromatic heterocycles. The van der Waals surface area contributed by atoms with E-state index in [0.29, 0.717) is 6.04 Å². The second-order valence-corrected chi connectivity index (χ2v) is 6.73. The number of aromatic nitrogens is 1. The number of pyridine rings is 1. The maximum Gasteiger partial charge on any atom is 0.173 e. The third-order valence-electron chi connectivity index (χ3n) is 3.91. The summed E-state index contributed by atoms with van der Waals surface area (Å²) in [6.45, 7) is 0.986. The summed E-state index contributed by atoms with van der Waals surface area (Å²) in [5.74, 6) is 0. The Hall–Kier alpha value is -1.46. The number of rotatable bonds is 2. The highest BCUT2D eigenvalue weighted by Crippen LogP contribution is 2.31. The largest absolute Gasteiger partial charge is 0.342 e. The highest BCUT2D eigenvalue weighted by molar-refractivity contribution is 9.10. The maximum absolute atomic E-state index is 5.66. The van der Waals surface area contributed by atoms with Gasteiger partial charge in [-0.1, -0.05) is 28.1 Å². The molecule has 22 heavy (non-hydrogen) atoms. The molecule has 114 valence electrons. The van der Waals surface area contributed by atoms with Crippen LogP contribution < -0.4 is 5.32 Å². The number of thiocarbonyl (C=S) groups is 1. The molecule has 0 saturated carbocycles. The highest BCUT2D eigenvalue weighted by atomic mass is 79.9. The van der Waals surface area contributed by atoms with E-state index >= 15 is 0 Å². The van der Waals surface area contributed by atoms with Gasteiger partial charge in [-0.3, -0.25) is 4.98 Å². The van der Waals surface area contributed by atoms with Crippen LogP contribution in [0.15, 0.2) is 53.3 Å². The van der Waals surface area contributed by atoms with Crippen molar-refractivity contribution in [3.63, 3.8) is 0 Å². The van der Waals surface area contributed by atoms with E-state index in [1.807, 2.05) is 42.7 Å². The van der Waals surface area contributed by atoms with Gasteiger partial charge in [-0.05, 0) is 61.3 Å². The number of benzene rings is 1. The predicted octanol–water partition coefficient (Wildman–Crippen LogP) is 4.77. The molecule has 3 nitrogen and oxygen atoms in total. The van der Waals surface area contributed by atoms with Crippen LogP contribution in [0.4, 0.5) is 5.69 Å². The summed E-state index contributed by atoms with van der Waals surface area (Å²) in [6, 6.07) is 12.5. The number of halogens is 1. The molecule has 1 unspecified atom stereocenters. The van der Waals surface area contributed by atoms with Crippen molar-refractivity contribution in [1.82, 2.24) is 9.88 Å². The first-order valence-corrected chi connectivity index (χ1v) is 8.67. The Labute approximate surface area is 144 Å². The van der Waals surface area contributed by atoms with Crippen molar-refractivity contribution in [1.29, 1.82) is 0 Å². The standard InChI is InChI=1S/C17H18BrN3S/c18-14-6-3-7-15(11-14)20-17(22)21-10-2-1-8-16(21)13-5-4-9-19-12-13/h3-7,9,11-12,16H,1-2,8,10H2,(H,20,22). The molecule has 0 aliphatic carbocycles. The third-order valence-corrected chi connectivity index (χ3v) is 4.74. The zero-order valence-corrected chi connectivity index (χ0v) is 14.6. The SMILES string of the molecule is S=C(Nc1cccc(Br)c1)N1CCCCC1c1cccnc1. The molecule has 1 aliphatic rings. The summed E-state index contributed by atoms with van der Waals surface area (Å²) in [7, 11) is 0. The van der Waals surface area contributed by atoms with E-state index in [9.17, 15) is 0 Å². The Bertz CT molecular complexity index is 647. The fourth-order valence-electron chi connectivity index (χ4n) is 2.86. The molecule has 2 aromatic rings. The fraction of sp³-hybridized carbons (Fsp3) is 0.294. The van der Waals surface area contributed by atoms with Gasteiger partial charge in [-0.15, -0.1) is 0 Å². The lowest BCUT2D eigenvalue weighted by atomic mass is 9.97. The Morgan fingerprint density at radius 3 is 2.95 bits per heavy atom. The third kappa shape index (κ3) is 3.65. The van der Waals surface area contributed by atoms with E-state index < -0.39 is 0 Å². The van der Waals surface area contributed by atoms with Gasteiger partial charge in [0.1, 0.15) is 0 Å². The fourth-order valence-corrected chi connectivity index (χ4v) is 3.59. The maximum atomic E-state index is 5.66. The molecule has 2 heterocycles. The molecule has 0 amide bonds. The van der Waals surface area contributed by atoms with Crippen molar-refractivity contribution in [3.8, 4) is 0 Å². The van der Waals surface area contributed by atoms with Gasteiger partial charge in [0.25, 0.3) is 0 Å². The number of piperidine rings is 1. The molecule has 1 aromatic carbocycles. The van der Waals surface area contributed by atoms with E-state index in [1.165, 1.54) is 18.4 Å². The Kier molecular flexibility index (Phi) is 5.05. The van der Waals surface area contributed by atoms with Gasteiger partial charge in [0.15, 0.2) is 5.11 Å². The number of hydrogen-bond acceptors (Lipinski definition) is 2. The van der Waals surface area contributed by atoms with Gasteiger partial charge in [0.05, 0.1) is 6.04 Å². The van der Waals surface area contributed by atoms with E-state index in [1.54, 1.807) is 0 Å². The van der Waals surface area contributed by atoms with Crippen LogP contribution in [-0.4, -0.2) is 21.5 Å². The van der Waals surface area contributed by atoms with Crippen LogP contribution >= 0.6 is 28.1 Å². The van der Waals surface area contributed by atoms with Crippen LogP contribution in [0.5, 0.6) is 0 Å². The quantitative estimate of drug-likeness (QED) is 0.765. The summed E-state index contributed by atoms with van der Waals surface area (Å²) >= 11 is 9.15. The van der Waals surface area contributed by atoms with Crippen molar-refractivity contribution >= 4 is 38.9 Å². The van der Waals surface area contributed by atoms with Crippen LogP contribution in [0.1, 0.15) is 30.9 Å². The van der Waals surface area contributed by atoms with Crippen LogP contribution in [0.25, 0.3) is 0 Å². The summed E-state index contributed by atoms with van der Waals surface area (Å²) in [5.41, 5.74) is 2.25. The summed E-state index contributed by atoms with van der Waals surface area (Å²) < 4.78 is 1.04. The van der Waals surface area contributed by atoms with Crippen LogP contribution in [0.3, 0.4) is 0 Å². The summed E-state index contributed by atoms with van der Waals surface area (Å²) in [4.78, 5) is 6.54. The number of likely N-dealkylation sites (tertiary alicyclic amines) is 1. The zero-order valence-electron chi connectivity index (χ0n) is 12.2. The summed E-state index contributed by atoms with van der Waals surface area (Å²) in [5, 5.41) is 4.14. The predicted molar refractivity (Wildman–Crippen MR) is 97.9 cm³/mol. The molecular formula is C17H18BrN3S. The molecule has 0 spiro atoms. The average molecular weight is 376 g/mol. The first-order valence-electron chi connectivity index (χ1n) is 7.47. The van der Waals surface area contributed by atoms with E-state index in [2.05, 4.69) is 37.2 Å². The minimum absolute atomic E-state index is 0.314. The molecule has 5 heteroatoms. The lowest BCUT2D eigenvalue weighted by Crippen LogP contribution is -2.41. The number of nitrogens with zero attached hydrogens (tertiary/aromatic N) is 2. The van der Waals surface area contributed by atoms with Crippen molar-refractivity contribution < 1.29 is 0 Å². The van der Waals surface area contributed by atoms with Gasteiger partial charge in [0, 0.05) is 29.1 Å². The van der Waals surface area contributed by atoms with Crippen LogP contribution in [-0.2, 0) is 0 Å².